The number of aliphatic carboxylic acids is 1. The number of nitrogens with two attached hydrogens (primary N) is 1. The minimum Gasteiger partial charge on any atom is -0.480 e. The summed E-state index contributed by atoms with van der Waals surface area (Å²) in [5.41, 5.74) is 5.43. The van der Waals surface area contributed by atoms with Crippen LogP contribution in [-0.2, 0) is 4.79 Å². The number of carboxylic acid groups (broad SMARTS) is 1. The molecule has 5 nitrogen and oxygen atoms in total. The Hall–Kier alpha value is -0.585. The van der Waals surface area contributed by atoms with Gasteiger partial charge in [-0.2, -0.15) is 0 Å². The van der Waals surface area contributed by atoms with Crippen LogP contribution in [-0.4, -0.2) is 34.3 Å². The van der Waals surface area contributed by atoms with E-state index < -0.39 is 19.1 Å². The Kier molecular flexibility index (Phi) is 7.37. The topological polar surface area (TPSA) is 104 Å². The molecule has 0 saturated carbocycles. The quantitative estimate of drug-likeness (QED) is 0.430. The van der Waals surface area contributed by atoms with Gasteiger partial charge in [-0.1, -0.05) is 26.2 Å². The second kappa shape index (κ2) is 7.67. The molecule has 0 saturated heterocycles. The summed E-state index contributed by atoms with van der Waals surface area (Å²) < 4.78 is 0. The van der Waals surface area contributed by atoms with Crippen LogP contribution < -0.4 is 5.73 Å². The van der Waals surface area contributed by atoms with E-state index in [1.165, 1.54) is 0 Å². The van der Waals surface area contributed by atoms with Gasteiger partial charge in [0.1, 0.15) is 6.04 Å². The first-order chi connectivity index (χ1) is 6.97. The van der Waals surface area contributed by atoms with Gasteiger partial charge in [0.2, 0.25) is 0 Å². The molecule has 0 aromatic carbocycles. The van der Waals surface area contributed by atoms with Crippen LogP contribution in [0.5, 0.6) is 0 Å². The van der Waals surface area contributed by atoms with Crippen molar-refractivity contribution >= 4 is 13.1 Å². The van der Waals surface area contributed by atoms with Crippen molar-refractivity contribution in [2.75, 3.05) is 0 Å². The molecule has 5 N–H and O–H groups in total. The van der Waals surface area contributed by atoms with Crippen molar-refractivity contribution in [3.63, 3.8) is 0 Å². The molecule has 0 aromatic heterocycles. The highest BCUT2D eigenvalue weighted by atomic mass is 16.4. The number of hydrogen-bond donors (Lipinski definition) is 4. The van der Waals surface area contributed by atoms with Crippen LogP contribution in [0.3, 0.4) is 0 Å². The second-order valence-electron chi connectivity index (χ2n) is 3.87. The molecule has 0 aromatic rings. The summed E-state index contributed by atoms with van der Waals surface area (Å²) in [6.07, 6.45) is 3.12. The molecule has 0 radical (unpaired) electrons. The van der Waals surface area contributed by atoms with Crippen LogP contribution >= 0.6 is 0 Å². The van der Waals surface area contributed by atoms with E-state index in [0.29, 0.717) is 19.2 Å². The van der Waals surface area contributed by atoms with Gasteiger partial charge >= 0.3 is 13.1 Å². The molecule has 0 aliphatic carbocycles. The van der Waals surface area contributed by atoms with Crippen molar-refractivity contribution in [3.05, 3.63) is 0 Å². The molecule has 0 bridgehead atoms. The maximum Gasteiger partial charge on any atom is 0.451 e. The Morgan fingerprint density at radius 1 is 1.47 bits per heavy atom. The molecule has 0 aliphatic rings. The van der Waals surface area contributed by atoms with Crippen molar-refractivity contribution in [2.24, 2.45) is 11.7 Å². The van der Waals surface area contributed by atoms with E-state index in [1.54, 1.807) is 0 Å². The standard InChI is InChI=1S/C9H20BNO4/c1-2-7(4-3-5-10(14)15)6-8(11)9(12)13/h7-8,14-15H,2-6,11H2,1H3,(H,12,13). The van der Waals surface area contributed by atoms with Crippen LogP contribution in [0.1, 0.15) is 32.6 Å². The number of hydrogen-bond acceptors (Lipinski definition) is 4. The molecule has 0 fully saturated rings. The molecule has 2 atom stereocenters. The monoisotopic (exact) mass is 217 g/mol. The first kappa shape index (κ1) is 14.4. The fourth-order valence-corrected chi connectivity index (χ4v) is 1.54. The normalized spacial score (nSPS) is 14.7. The van der Waals surface area contributed by atoms with E-state index in [-0.39, 0.29) is 5.92 Å². The minimum absolute atomic E-state index is 0.245. The Morgan fingerprint density at radius 2 is 2.07 bits per heavy atom. The van der Waals surface area contributed by atoms with Crippen LogP contribution in [0.2, 0.25) is 6.32 Å². The lowest BCUT2D eigenvalue weighted by Crippen LogP contribution is -2.32. The molecule has 15 heavy (non-hydrogen) atoms. The van der Waals surface area contributed by atoms with E-state index in [1.807, 2.05) is 6.92 Å². The van der Waals surface area contributed by atoms with E-state index >= 15 is 0 Å². The second-order valence-corrected chi connectivity index (χ2v) is 3.87. The fraction of sp³-hybridized carbons (Fsp3) is 0.889. The molecule has 88 valence electrons. The summed E-state index contributed by atoms with van der Waals surface area (Å²) in [6, 6.07) is -0.811. The van der Waals surface area contributed by atoms with Gasteiger partial charge in [0.15, 0.2) is 0 Å². The number of rotatable bonds is 8. The van der Waals surface area contributed by atoms with E-state index in [0.717, 1.165) is 12.8 Å². The lowest BCUT2D eigenvalue weighted by molar-refractivity contribution is -0.139. The lowest BCUT2D eigenvalue weighted by Gasteiger charge is -2.16. The molecule has 0 heterocycles. The SMILES string of the molecule is CCC(CCCB(O)O)CC(N)C(=O)O. The third kappa shape index (κ3) is 7.36. The average molecular weight is 217 g/mol. The predicted molar refractivity (Wildman–Crippen MR) is 58.2 cm³/mol. The van der Waals surface area contributed by atoms with Gasteiger partial charge in [0, 0.05) is 0 Å². The van der Waals surface area contributed by atoms with Crippen molar-refractivity contribution < 1.29 is 19.9 Å². The largest absolute Gasteiger partial charge is 0.480 e. The highest BCUT2D eigenvalue weighted by Gasteiger charge is 2.18. The Bertz CT molecular complexity index is 189. The smallest absolute Gasteiger partial charge is 0.451 e. The first-order valence-corrected chi connectivity index (χ1v) is 5.31. The summed E-state index contributed by atoms with van der Waals surface area (Å²) in [7, 11) is -1.27. The predicted octanol–water partition coefficient (Wildman–Crippen LogP) is 0.0676. The first-order valence-electron chi connectivity index (χ1n) is 5.31. The fourth-order valence-electron chi connectivity index (χ4n) is 1.54. The molecule has 6 heteroatoms. The van der Waals surface area contributed by atoms with Crippen molar-refractivity contribution in [1.82, 2.24) is 0 Å². The van der Waals surface area contributed by atoms with Gasteiger partial charge in [-0.15, -0.1) is 0 Å². The maximum atomic E-state index is 10.5. The van der Waals surface area contributed by atoms with Gasteiger partial charge in [0.05, 0.1) is 0 Å². The minimum atomic E-state index is -1.27. The Labute approximate surface area is 90.4 Å². The highest BCUT2D eigenvalue weighted by molar-refractivity contribution is 6.40. The summed E-state index contributed by atoms with van der Waals surface area (Å²) >= 11 is 0. The van der Waals surface area contributed by atoms with Crippen molar-refractivity contribution in [3.8, 4) is 0 Å². The number of carbonyl (C=O) groups is 1. The Balaban J connectivity index is 3.77. The maximum absolute atomic E-state index is 10.5. The molecular formula is C9H20BNO4. The van der Waals surface area contributed by atoms with Crippen molar-refractivity contribution in [1.29, 1.82) is 0 Å². The van der Waals surface area contributed by atoms with E-state index in [4.69, 9.17) is 20.9 Å². The zero-order chi connectivity index (χ0) is 11.8. The van der Waals surface area contributed by atoms with Gasteiger partial charge in [0.25, 0.3) is 0 Å². The van der Waals surface area contributed by atoms with E-state index in [2.05, 4.69) is 0 Å². The van der Waals surface area contributed by atoms with Gasteiger partial charge in [-0.3, -0.25) is 4.79 Å². The average Bonchev–Trinajstić information content (AvgIpc) is 2.15. The zero-order valence-corrected chi connectivity index (χ0v) is 9.09. The third-order valence-electron chi connectivity index (χ3n) is 2.56. The molecule has 0 amide bonds. The molecular weight excluding hydrogens is 197 g/mol. The van der Waals surface area contributed by atoms with Crippen LogP contribution in [0.25, 0.3) is 0 Å². The van der Waals surface area contributed by atoms with Crippen molar-refractivity contribution in [2.45, 2.75) is 45.0 Å². The van der Waals surface area contributed by atoms with Gasteiger partial charge in [-0.25, -0.2) is 0 Å². The summed E-state index contributed by atoms with van der Waals surface area (Å²) in [6.45, 7) is 1.98. The zero-order valence-electron chi connectivity index (χ0n) is 9.09. The summed E-state index contributed by atoms with van der Waals surface area (Å²) in [4.78, 5) is 10.5. The van der Waals surface area contributed by atoms with E-state index in [9.17, 15) is 4.79 Å². The molecule has 2 unspecified atom stereocenters. The summed E-state index contributed by atoms with van der Waals surface area (Å²) in [5.74, 6) is -0.731. The third-order valence-corrected chi connectivity index (χ3v) is 2.56. The molecule has 0 rings (SSSR count). The highest BCUT2D eigenvalue weighted by Crippen LogP contribution is 2.18. The summed E-state index contributed by atoms with van der Waals surface area (Å²) in [5, 5.41) is 25.9. The molecule has 0 aliphatic heterocycles. The lowest BCUT2D eigenvalue weighted by atomic mass is 9.81. The van der Waals surface area contributed by atoms with Crippen LogP contribution in [0, 0.1) is 5.92 Å². The number of carboxylic acids is 1. The van der Waals surface area contributed by atoms with Crippen LogP contribution in [0.15, 0.2) is 0 Å². The molecule has 0 spiro atoms. The Morgan fingerprint density at radius 3 is 2.47 bits per heavy atom. The van der Waals surface area contributed by atoms with Gasteiger partial charge in [-0.05, 0) is 18.7 Å². The van der Waals surface area contributed by atoms with Gasteiger partial charge < -0.3 is 20.9 Å². The van der Waals surface area contributed by atoms with Crippen LogP contribution in [0.4, 0.5) is 0 Å².